The van der Waals surface area contributed by atoms with Gasteiger partial charge in [-0.25, -0.2) is 0 Å². The van der Waals surface area contributed by atoms with Crippen LogP contribution >= 0.6 is 0 Å². The van der Waals surface area contributed by atoms with Crippen molar-refractivity contribution in [2.75, 3.05) is 0 Å². The van der Waals surface area contributed by atoms with Crippen LogP contribution in [0.15, 0.2) is 30.6 Å². The highest BCUT2D eigenvalue weighted by Gasteiger charge is 2.06. The Kier molecular flexibility index (Phi) is 2.22. The van der Waals surface area contributed by atoms with Gasteiger partial charge in [-0.15, -0.1) is 0 Å². The van der Waals surface area contributed by atoms with Crippen LogP contribution in [0.3, 0.4) is 0 Å². The molecule has 0 saturated carbocycles. The van der Waals surface area contributed by atoms with E-state index in [4.69, 9.17) is 5.73 Å². The first-order chi connectivity index (χ1) is 6.70. The third-order valence-electron chi connectivity index (χ3n) is 2.56. The molecule has 0 radical (unpaired) electrons. The van der Waals surface area contributed by atoms with Crippen LogP contribution in [0.25, 0.3) is 10.8 Å². The molecule has 1 aromatic heterocycles. The summed E-state index contributed by atoms with van der Waals surface area (Å²) in [5.41, 5.74) is 8.35. The van der Waals surface area contributed by atoms with E-state index in [1.54, 1.807) is 0 Å². The van der Waals surface area contributed by atoms with Gasteiger partial charge >= 0.3 is 0 Å². The van der Waals surface area contributed by atoms with E-state index in [-0.39, 0.29) is 6.04 Å². The second kappa shape index (κ2) is 3.39. The van der Waals surface area contributed by atoms with E-state index >= 15 is 0 Å². The van der Waals surface area contributed by atoms with Gasteiger partial charge in [0.25, 0.3) is 0 Å². The molecular weight excluding hydrogens is 172 g/mol. The van der Waals surface area contributed by atoms with Crippen molar-refractivity contribution in [1.82, 2.24) is 4.98 Å². The fraction of sp³-hybridized carbons (Fsp3) is 0.250. The van der Waals surface area contributed by atoms with E-state index in [0.29, 0.717) is 0 Å². The molecule has 0 bridgehead atoms. The maximum absolute atomic E-state index is 5.91. The Bertz CT molecular complexity index is 461. The molecule has 1 heterocycles. The third kappa shape index (κ3) is 1.38. The van der Waals surface area contributed by atoms with E-state index < -0.39 is 0 Å². The molecule has 0 spiro atoms. The summed E-state index contributed by atoms with van der Waals surface area (Å²) < 4.78 is 0. The second-order valence-electron chi connectivity index (χ2n) is 3.68. The largest absolute Gasteiger partial charge is 0.324 e. The van der Waals surface area contributed by atoms with Crippen LogP contribution in [0, 0.1) is 6.92 Å². The van der Waals surface area contributed by atoms with Gasteiger partial charge < -0.3 is 5.73 Å². The van der Waals surface area contributed by atoms with Gasteiger partial charge in [0, 0.05) is 23.8 Å². The predicted octanol–water partition coefficient (Wildman–Crippen LogP) is 2.56. The van der Waals surface area contributed by atoms with Gasteiger partial charge in [-0.1, -0.05) is 12.1 Å². The highest BCUT2D eigenvalue weighted by Crippen LogP contribution is 2.24. The topological polar surface area (TPSA) is 38.9 Å². The lowest BCUT2D eigenvalue weighted by Crippen LogP contribution is -2.05. The fourth-order valence-corrected chi connectivity index (χ4v) is 1.75. The van der Waals surface area contributed by atoms with Gasteiger partial charge in [0.1, 0.15) is 0 Å². The minimum absolute atomic E-state index is 0.0699. The number of aromatic nitrogens is 1. The number of nitrogens with two attached hydrogens (primary N) is 1. The SMILES string of the molecule is Cc1ccc(C(C)N)c2ccncc12. The van der Waals surface area contributed by atoms with Crippen LogP contribution in [0.1, 0.15) is 24.1 Å². The summed E-state index contributed by atoms with van der Waals surface area (Å²) in [5, 5.41) is 2.41. The number of aryl methyl sites for hydroxylation is 1. The van der Waals surface area contributed by atoms with E-state index in [1.165, 1.54) is 21.9 Å². The van der Waals surface area contributed by atoms with Crippen molar-refractivity contribution in [1.29, 1.82) is 0 Å². The Labute approximate surface area is 83.8 Å². The summed E-state index contributed by atoms with van der Waals surface area (Å²) in [4.78, 5) is 4.13. The zero-order valence-corrected chi connectivity index (χ0v) is 8.49. The Morgan fingerprint density at radius 2 is 2.00 bits per heavy atom. The van der Waals surface area contributed by atoms with Crippen molar-refractivity contribution in [2.24, 2.45) is 5.73 Å². The van der Waals surface area contributed by atoms with Crippen LogP contribution < -0.4 is 5.73 Å². The Morgan fingerprint density at radius 1 is 1.21 bits per heavy atom. The lowest BCUT2D eigenvalue weighted by atomic mass is 9.98. The third-order valence-corrected chi connectivity index (χ3v) is 2.56. The lowest BCUT2D eigenvalue weighted by molar-refractivity contribution is 0.826. The maximum atomic E-state index is 5.91. The van der Waals surface area contributed by atoms with E-state index in [2.05, 4.69) is 24.0 Å². The molecule has 0 saturated heterocycles. The number of hydrogen-bond acceptors (Lipinski definition) is 2. The number of hydrogen-bond donors (Lipinski definition) is 1. The molecule has 0 aliphatic rings. The zero-order chi connectivity index (χ0) is 10.1. The highest BCUT2D eigenvalue weighted by atomic mass is 14.6. The molecule has 1 atom stereocenters. The average Bonchev–Trinajstić information content (AvgIpc) is 2.18. The van der Waals surface area contributed by atoms with E-state index in [9.17, 15) is 0 Å². The molecule has 2 heteroatoms. The summed E-state index contributed by atoms with van der Waals surface area (Å²) in [7, 11) is 0. The molecule has 2 N–H and O–H groups in total. The Morgan fingerprint density at radius 3 is 2.71 bits per heavy atom. The molecule has 1 aromatic carbocycles. The molecule has 2 rings (SSSR count). The predicted molar refractivity (Wildman–Crippen MR) is 59.1 cm³/mol. The quantitative estimate of drug-likeness (QED) is 0.743. The van der Waals surface area contributed by atoms with Gasteiger partial charge in [0.2, 0.25) is 0 Å². The Balaban J connectivity index is 2.82. The summed E-state index contributed by atoms with van der Waals surface area (Å²) in [5.74, 6) is 0. The van der Waals surface area contributed by atoms with Gasteiger partial charge in [0.05, 0.1) is 0 Å². The van der Waals surface area contributed by atoms with Crippen molar-refractivity contribution in [2.45, 2.75) is 19.9 Å². The molecule has 0 aliphatic carbocycles. The molecule has 72 valence electrons. The Hall–Kier alpha value is -1.41. The first-order valence-corrected chi connectivity index (χ1v) is 4.79. The molecule has 2 aromatic rings. The van der Waals surface area contributed by atoms with Crippen molar-refractivity contribution in [3.05, 3.63) is 41.7 Å². The van der Waals surface area contributed by atoms with Crippen molar-refractivity contribution >= 4 is 10.8 Å². The molecule has 0 fully saturated rings. The first kappa shape index (κ1) is 9.16. The monoisotopic (exact) mass is 186 g/mol. The van der Waals surface area contributed by atoms with Gasteiger partial charge in [0.15, 0.2) is 0 Å². The molecule has 14 heavy (non-hydrogen) atoms. The van der Waals surface area contributed by atoms with E-state index in [1.807, 2.05) is 25.4 Å². The molecule has 0 aliphatic heterocycles. The van der Waals surface area contributed by atoms with Crippen molar-refractivity contribution in [3.63, 3.8) is 0 Å². The van der Waals surface area contributed by atoms with E-state index in [0.717, 1.165) is 0 Å². The number of nitrogens with zero attached hydrogens (tertiary/aromatic N) is 1. The van der Waals surface area contributed by atoms with Gasteiger partial charge in [-0.05, 0) is 36.4 Å². The minimum atomic E-state index is 0.0699. The fourth-order valence-electron chi connectivity index (χ4n) is 1.75. The molecular formula is C12H14N2. The van der Waals surface area contributed by atoms with Crippen molar-refractivity contribution in [3.8, 4) is 0 Å². The van der Waals surface area contributed by atoms with Crippen molar-refractivity contribution < 1.29 is 0 Å². The summed E-state index contributed by atoms with van der Waals surface area (Å²) in [6, 6.07) is 6.30. The minimum Gasteiger partial charge on any atom is -0.324 e. The number of benzene rings is 1. The normalized spacial score (nSPS) is 13.1. The maximum Gasteiger partial charge on any atom is 0.0349 e. The van der Waals surface area contributed by atoms with Gasteiger partial charge in [-0.2, -0.15) is 0 Å². The summed E-state index contributed by atoms with van der Waals surface area (Å²) in [6.07, 6.45) is 3.71. The zero-order valence-electron chi connectivity index (χ0n) is 8.49. The summed E-state index contributed by atoms with van der Waals surface area (Å²) >= 11 is 0. The molecule has 1 unspecified atom stereocenters. The van der Waals surface area contributed by atoms with Crippen LogP contribution in [0.2, 0.25) is 0 Å². The van der Waals surface area contributed by atoms with Crippen LogP contribution in [-0.2, 0) is 0 Å². The molecule has 2 nitrogen and oxygen atoms in total. The van der Waals surface area contributed by atoms with Gasteiger partial charge in [-0.3, -0.25) is 4.98 Å². The number of fused-ring (bicyclic) bond motifs is 1. The highest BCUT2D eigenvalue weighted by molar-refractivity contribution is 5.88. The standard InChI is InChI=1S/C12H14N2/c1-8-3-4-10(9(2)13)11-5-6-14-7-12(8)11/h3-7,9H,13H2,1-2H3. The number of pyridine rings is 1. The lowest BCUT2D eigenvalue weighted by Gasteiger charge is -2.11. The molecule has 0 amide bonds. The first-order valence-electron chi connectivity index (χ1n) is 4.79. The van der Waals surface area contributed by atoms with Crippen LogP contribution in [0.4, 0.5) is 0 Å². The van der Waals surface area contributed by atoms with Crippen LogP contribution in [0.5, 0.6) is 0 Å². The smallest absolute Gasteiger partial charge is 0.0349 e. The van der Waals surface area contributed by atoms with Crippen LogP contribution in [-0.4, -0.2) is 4.98 Å². The second-order valence-corrected chi connectivity index (χ2v) is 3.68. The average molecular weight is 186 g/mol. The summed E-state index contributed by atoms with van der Waals surface area (Å²) in [6.45, 7) is 4.10. The number of rotatable bonds is 1.